The van der Waals surface area contributed by atoms with Crippen molar-refractivity contribution < 1.29 is 9.90 Å². The van der Waals surface area contributed by atoms with Gasteiger partial charge in [-0.2, -0.15) is 0 Å². The molecule has 0 aliphatic heterocycles. The second-order valence-electron chi connectivity index (χ2n) is 2.63. The van der Waals surface area contributed by atoms with Gasteiger partial charge in [0, 0.05) is 6.54 Å². The van der Waals surface area contributed by atoms with Gasteiger partial charge >= 0.3 is 5.97 Å². The largest absolute Gasteiger partial charge is 0.480 e. The van der Waals surface area contributed by atoms with Crippen molar-refractivity contribution in [1.82, 2.24) is 5.32 Å². The number of carbonyl (C=O) groups is 1. The van der Waals surface area contributed by atoms with E-state index in [0.717, 1.165) is 5.57 Å². The SMILES string of the molecule is C=C/C=C\C=C(/C)CNCC(=O)O. The Kier molecular flexibility index (Phi) is 6.55. The van der Waals surface area contributed by atoms with Crippen LogP contribution in [0, 0.1) is 0 Å². The van der Waals surface area contributed by atoms with Gasteiger partial charge in [0.05, 0.1) is 6.54 Å². The summed E-state index contributed by atoms with van der Waals surface area (Å²) in [5.41, 5.74) is 1.08. The summed E-state index contributed by atoms with van der Waals surface area (Å²) in [5, 5.41) is 11.1. The van der Waals surface area contributed by atoms with Crippen molar-refractivity contribution in [2.45, 2.75) is 6.92 Å². The molecule has 0 aromatic carbocycles. The zero-order chi connectivity index (χ0) is 10.1. The third kappa shape index (κ3) is 8.56. The first-order chi connectivity index (χ1) is 6.16. The minimum atomic E-state index is -0.838. The molecule has 0 fully saturated rings. The van der Waals surface area contributed by atoms with E-state index in [-0.39, 0.29) is 6.54 Å². The van der Waals surface area contributed by atoms with Crippen LogP contribution in [0.1, 0.15) is 6.92 Å². The topological polar surface area (TPSA) is 49.3 Å². The molecule has 0 amide bonds. The molecule has 0 saturated heterocycles. The lowest BCUT2D eigenvalue weighted by Gasteiger charge is -1.99. The number of allylic oxidation sites excluding steroid dienone is 4. The molecule has 0 aliphatic carbocycles. The fraction of sp³-hybridized carbons (Fsp3) is 0.300. The second kappa shape index (κ2) is 7.31. The Morgan fingerprint density at radius 3 is 2.69 bits per heavy atom. The van der Waals surface area contributed by atoms with Gasteiger partial charge in [-0.15, -0.1) is 0 Å². The number of carboxylic acids is 1. The van der Waals surface area contributed by atoms with E-state index in [1.165, 1.54) is 0 Å². The summed E-state index contributed by atoms with van der Waals surface area (Å²) in [6, 6.07) is 0. The molecule has 0 bridgehead atoms. The van der Waals surface area contributed by atoms with Crippen LogP contribution in [-0.4, -0.2) is 24.2 Å². The molecule has 0 aromatic rings. The molecule has 0 unspecified atom stereocenters. The van der Waals surface area contributed by atoms with Crippen molar-refractivity contribution in [3.63, 3.8) is 0 Å². The maximum atomic E-state index is 10.1. The van der Waals surface area contributed by atoms with Gasteiger partial charge in [0.1, 0.15) is 0 Å². The number of nitrogens with one attached hydrogen (secondary N) is 1. The number of aliphatic carboxylic acids is 1. The first-order valence-corrected chi connectivity index (χ1v) is 4.04. The normalized spacial score (nSPS) is 11.9. The van der Waals surface area contributed by atoms with Crippen LogP contribution in [0.25, 0.3) is 0 Å². The molecule has 3 nitrogen and oxygen atoms in total. The maximum Gasteiger partial charge on any atom is 0.317 e. The molecule has 72 valence electrons. The van der Waals surface area contributed by atoms with E-state index in [9.17, 15) is 4.79 Å². The summed E-state index contributed by atoms with van der Waals surface area (Å²) < 4.78 is 0. The lowest BCUT2D eigenvalue weighted by molar-refractivity contribution is -0.135. The molecule has 0 heterocycles. The van der Waals surface area contributed by atoms with Crippen LogP contribution in [0.15, 0.2) is 36.5 Å². The van der Waals surface area contributed by atoms with Gasteiger partial charge in [-0.25, -0.2) is 0 Å². The van der Waals surface area contributed by atoms with Crippen LogP contribution in [0.3, 0.4) is 0 Å². The zero-order valence-electron chi connectivity index (χ0n) is 7.79. The van der Waals surface area contributed by atoms with Gasteiger partial charge < -0.3 is 10.4 Å². The maximum absolute atomic E-state index is 10.1. The first-order valence-electron chi connectivity index (χ1n) is 4.04. The van der Waals surface area contributed by atoms with Crippen LogP contribution < -0.4 is 5.32 Å². The van der Waals surface area contributed by atoms with E-state index in [1.54, 1.807) is 6.08 Å². The van der Waals surface area contributed by atoms with Crippen molar-refractivity contribution in [2.24, 2.45) is 0 Å². The highest BCUT2D eigenvalue weighted by atomic mass is 16.4. The van der Waals surface area contributed by atoms with E-state index in [1.807, 2.05) is 25.2 Å². The number of hydrogen-bond acceptors (Lipinski definition) is 2. The minimum absolute atomic E-state index is 0.00362. The highest BCUT2D eigenvalue weighted by Crippen LogP contribution is 1.90. The third-order valence-electron chi connectivity index (χ3n) is 1.31. The third-order valence-corrected chi connectivity index (χ3v) is 1.31. The number of rotatable bonds is 6. The van der Waals surface area contributed by atoms with Gasteiger partial charge in [0.15, 0.2) is 0 Å². The van der Waals surface area contributed by atoms with E-state index >= 15 is 0 Å². The zero-order valence-corrected chi connectivity index (χ0v) is 7.79. The molecule has 0 aromatic heterocycles. The van der Waals surface area contributed by atoms with Crippen molar-refractivity contribution in [3.8, 4) is 0 Å². The fourth-order valence-corrected chi connectivity index (χ4v) is 0.724. The molecule has 0 atom stereocenters. The minimum Gasteiger partial charge on any atom is -0.480 e. The lowest BCUT2D eigenvalue weighted by Crippen LogP contribution is -2.23. The van der Waals surface area contributed by atoms with E-state index in [4.69, 9.17) is 5.11 Å². The summed E-state index contributed by atoms with van der Waals surface area (Å²) in [4.78, 5) is 10.1. The Labute approximate surface area is 78.5 Å². The summed E-state index contributed by atoms with van der Waals surface area (Å²) in [6.45, 7) is 6.05. The summed E-state index contributed by atoms with van der Waals surface area (Å²) in [5.74, 6) is -0.838. The van der Waals surface area contributed by atoms with Crippen LogP contribution in [-0.2, 0) is 4.79 Å². The molecule has 13 heavy (non-hydrogen) atoms. The standard InChI is InChI=1S/C10H15NO2/c1-3-4-5-6-9(2)7-11-8-10(12)13/h3-6,11H,1,7-8H2,2H3,(H,12,13)/b5-4-,9-6+. The molecular formula is C10H15NO2. The summed E-state index contributed by atoms with van der Waals surface area (Å²) in [7, 11) is 0. The average Bonchev–Trinajstić information content (AvgIpc) is 2.04. The lowest BCUT2D eigenvalue weighted by atomic mass is 10.2. The summed E-state index contributed by atoms with van der Waals surface area (Å²) in [6.07, 6.45) is 7.29. The van der Waals surface area contributed by atoms with Crippen LogP contribution in [0.2, 0.25) is 0 Å². The average molecular weight is 181 g/mol. The van der Waals surface area contributed by atoms with Crippen LogP contribution in [0.5, 0.6) is 0 Å². The Bertz CT molecular complexity index is 229. The quantitative estimate of drug-likeness (QED) is 0.608. The molecule has 0 rings (SSSR count). The second-order valence-corrected chi connectivity index (χ2v) is 2.63. The Morgan fingerprint density at radius 1 is 1.46 bits per heavy atom. The highest BCUT2D eigenvalue weighted by Gasteiger charge is 1.93. The molecule has 0 saturated carbocycles. The number of carboxylic acid groups (broad SMARTS) is 1. The fourth-order valence-electron chi connectivity index (χ4n) is 0.724. The smallest absolute Gasteiger partial charge is 0.317 e. The molecular weight excluding hydrogens is 166 g/mol. The number of hydrogen-bond donors (Lipinski definition) is 2. The Morgan fingerprint density at radius 2 is 2.15 bits per heavy atom. The molecule has 2 N–H and O–H groups in total. The van der Waals surface area contributed by atoms with Crippen molar-refractivity contribution >= 4 is 5.97 Å². The van der Waals surface area contributed by atoms with E-state index in [0.29, 0.717) is 6.54 Å². The molecule has 3 heteroatoms. The monoisotopic (exact) mass is 181 g/mol. The van der Waals surface area contributed by atoms with Gasteiger partial charge in [-0.3, -0.25) is 4.79 Å². The molecule has 0 aliphatic rings. The first kappa shape index (κ1) is 11.6. The van der Waals surface area contributed by atoms with Crippen molar-refractivity contribution in [1.29, 1.82) is 0 Å². The van der Waals surface area contributed by atoms with Gasteiger partial charge in [0.2, 0.25) is 0 Å². The summed E-state index contributed by atoms with van der Waals surface area (Å²) >= 11 is 0. The van der Waals surface area contributed by atoms with E-state index < -0.39 is 5.97 Å². The van der Waals surface area contributed by atoms with Gasteiger partial charge in [-0.1, -0.05) is 36.5 Å². The highest BCUT2D eigenvalue weighted by molar-refractivity contribution is 5.69. The Hall–Kier alpha value is -1.35. The predicted molar refractivity (Wildman–Crippen MR) is 53.6 cm³/mol. The molecule has 0 radical (unpaired) electrons. The molecule has 0 spiro atoms. The Balaban J connectivity index is 3.66. The van der Waals surface area contributed by atoms with Crippen molar-refractivity contribution in [2.75, 3.05) is 13.1 Å². The van der Waals surface area contributed by atoms with Crippen molar-refractivity contribution in [3.05, 3.63) is 36.5 Å². The van der Waals surface area contributed by atoms with Gasteiger partial charge in [-0.05, 0) is 6.92 Å². The van der Waals surface area contributed by atoms with Crippen LogP contribution >= 0.6 is 0 Å². The predicted octanol–water partition coefficient (Wildman–Crippen LogP) is 1.35. The van der Waals surface area contributed by atoms with Gasteiger partial charge in [0.25, 0.3) is 0 Å². The van der Waals surface area contributed by atoms with E-state index in [2.05, 4.69) is 11.9 Å². The van der Waals surface area contributed by atoms with Crippen LogP contribution in [0.4, 0.5) is 0 Å².